The van der Waals surface area contributed by atoms with E-state index in [1.54, 1.807) is 18.4 Å². The minimum Gasteiger partial charge on any atom is -0.344 e. The van der Waals surface area contributed by atoms with Crippen LogP contribution < -0.4 is 5.32 Å². The number of fused-ring (bicyclic) bond motifs is 1. The number of sulfone groups is 1. The summed E-state index contributed by atoms with van der Waals surface area (Å²) >= 11 is 2.18. The molecule has 2 aromatic heterocycles. The van der Waals surface area contributed by atoms with Gasteiger partial charge in [-0.1, -0.05) is 0 Å². The Morgan fingerprint density at radius 2 is 2.05 bits per heavy atom. The molecule has 3 rings (SSSR count). The van der Waals surface area contributed by atoms with Crippen LogP contribution in [0.1, 0.15) is 34.6 Å². The molecule has 0 spiro atoms. The molecule has 0 unspecified atom stereocenters. The maximum absolute atomic E-state index is 13.4. The molecule has 0 saturated heterocycles. The fourth-order valence-corrected chi connectivity index (χ4v) is 6.28. The van der Waals surface area contributed by atoms with Gasteiger partial charge in [0.2, 0.25) is 0 Å². The topological polar surface area (TPSA) is 63.2 Å². The maximum Gasteiger partial charge on any atom is 0.264 e. The minimum absolute atomic E-state index is 0.0212. The summed E-state index contributed by atoms with van der Waals surface area (Å²) in [6, 6.07) is 2.54. The van der Waals surface area contributed by atoms with Gasteiger partial charge in [-0.3, -0.25) is 4.79 Å². The zero-order valence-corrected chi connectivity index (χ0v) is 13.4. The second-order valence-electron chi connectivity index (χ2n) is 4.88. The first-order valence-electron chi connectivity index (χ1n) is 6.26. The van der Waals surface area contributed by atoms with Crippen LogP contribution in [0.2, 0.25) is 0 Å². The van der Waals surface area contributed by atoms with Gasteiger partial charge in [0.25, 0.3) is 5.91 Å². The summed E-state index contributed by atoms with van der Waals surface area (Å²) in [6.07, 6.45) is 0.296. The van der Waals surface area contributed by atoms with Gasteiger partial charge in [0, 0.05) is 5.56 Å². The number of rotatable bonds is 2. The molecule has 2 atom stereocenters. The van der Waals surface area contributed by atoms with Crippen molar-refractivity contribution >= 4 is 38.4 Å². The average molecular weight is 345 g/mol. The molecule has 8 heteroatoms. The fraction of sp³-hybridized carbons (Fsp3) is 0.308. The van der Waals surface area contributed by atoms with Crippen LogP contribution in [-0.4, -0.2) is 19.6 Å². The minimum atomic E-state index is -3.31. The summed E-state index contributed by atoms with van der Waals surface area (Å²) in [7, 11) is -3.31. The fourth-order valence-electron chi connectivity index (χ4n) is 2.38. The first-order valence-corrected chi connectivity index (χ1v) is 9.57. The molecule has 0 bridgehead atoms. The Bertz CT molecular complexity index is 793. The number of thiophene rings is 2. The predicted molar refractivity (Wildman–Crippen MR) is 80.1 cm³/mol. The van der Waals surface area contributed by atoms with E-state index in [1.807, 2.05) is 0 Å². The van der Waals surface area contributed by atoms with Crippen molar-refractivity contribution in [3.63, 3.8) is 0 Å². The van der Waals surface area contributed by atoms with Crippen LogP contribution in [0.5, 0.6) is 0 Å². The SMILES string of the molecule is C[C@H]1C[C@H](NC(=O)c2sccc2F)c2ccsc2S1(=O)=O. The molecule has 4 nitrogen and oxygen atoms in total. The van der Waals surface area contributed by atoms with E-state index in [-0.39, 0.29) is 4.88 Å². The van der Waals surface area contributed by atoms with E-state index in [0.717, 1.165) is 22.7 Å². The van der Waals surface area contributed by atoms with E-state index in [2.05, 4.69) is 5.32 Å². The van der Waals surface area contributed by atoms with E-state index in [0.29, 0.717) is 16.2 Å². The maximum atomic E-state index is 13.4. The van der Waals surface area contributed by atoms with Gasteiger partial charge in [-0.05, 0) is 36.2 Å². The lowest BCUT2D eigenvalue weighted by atomic mass is 10.0. The van der Waals surface area contributed by atoms with Crippen molar-refractivity contribution in [1.29, 1.82) is 0 Å². The zero-order valence-electron chi connectivity index (χ0n) is 11.0. The van der Waals surface area contributed by atoms with Gasteiger partial charge >= 0.3 is 0 Å². The van der Waals surface area contributed by atoms with E-state index in [1.165, 1.54) is 11.4 Å². The Morgan fingerprint density at radius 3 is 2.71 bits per heavy atom. The van der Waals surface area contributed by atoms with Crippen LogP contribution in [0.15, 0.2) is 27.1 Å². The number of amides is 1. The van der Waals surface area contributed by atoms with E-state index >= 15 is 0 Å². The molecule has 0 fully saturated rings. The van der Waals surface area contributed by atoms with Crippen LogP contribution in [-0.2, 0) is 9.84 Å². The van der Waals surface area contributed by atoms with E-state index in [4.69, 9.17) is 0 Å². The molecule has 1 amide bonds. The molecule has 0 radical (unpaired) electrons. The number of carbonyl (C=O) groups is 1. The largest absolute Gasteiger partial charge is 0.344 e. The van der Waals surface area contributed by atoms with Gasteiger partial charge < -0.3 is 5.32 Å². The number of halogens is 1. The second kappa shape index (κ2) is 5.19. The first-order chi connectivity index (χ1) is 9.91. The second-order valence-corrected chi connectivity index (χ2v) is 9.27. The molecular weight excluding hydrogens is 333 g/mol. The van der Waals surface area contributed by atoms with Gasteiger partial charge in [-0.25, -0.2) is 12.8 Å². The first kappa shape index (κ1) is 14.7. The van der Waals surface area contributed by atoms with Gasteiger partial charge in [-0.2, -0.15) is 0 Å². The number of carbonyl (C=O) groups excluding carboxylic acids is 1. The van der Waals surface area contributed by atoms with Gasteiger partial charge in [0.1, 0.15) is 14.9 Å². The molecule has 1 aliphatic heterocycles. The third-order valence-corrected chi connectivity index (χ3v) is 8.12. The van der Waals surface area contributed by atoms with Crippen LogP contribution in [0.25, 0.3) is 0 Å². The molecular formula is C13H12FNO3S3. The number of hydrogen-bond acceptors (Lipinski definition) is 5. The third kappa shape index (κ3) is 2.41. The van der Waals surface area contributed by atoms with Crippen molar-refractivity contribution in [1.82, 2.24) is 5.32 Å². The Balaban J connectivity index is 1.91. The van der Waals surface area contributed by atoms with Crippen LogP contribution in [0, 0.1) is 5.82 Å². The smallest absolute Gasteiger partial charge is 0.264 e. The molecule has 1 N–H and O–H groups in total. The van der Waals surface area contributed by atoms with Crippen molar-refractivity contribution in [3.8, 4) is 0 Å². The molecule has 1 aliphatic rings. The summed E-state index contributed by atoms with van der Waals surface area (Å²) in [5.41, 5.74) is 0.600. The Morgan fingerprint density at radius 1 is 1.33 bits per heavy atom. The quantitative estimate of drug-likeness (QED) is 0.910. The lowest BCUT2D eigenvalue weighted by Crippen LogP contribution is -2.36. The molecule has 3 heterocycles. The molecule has 112 valence electrons. The van der Waals surface area contributed by atoms with E-state index in [9.17, 15) is 17.6 Å². The lowest BCUT2D eigenvalue weighted by Gasteiger charge is -2.27. The van der Waals surface area contributed by atoms with Crippen LogP contribution >= 0.6 is 22.7 Å². The lowest BCUT2D eigenvalue weighted by molar-refractivity contribution is 0.0934. The molecule has 0 aromatic carbocycles. The van der Waals surface area contributed by atoms with Gasteiger partial charge in [0.15, 0.2) is 9.84 Å². The third-order valence-electron chi connectivity index (χ3n) is 3.52. The van der Waals surface area contributed by atoms with Crippen LogP contribution in [0.4, 0.5) is 4.39 Å². The molecule has 21 heavy (non-hydrogen) atoms. The summed E-state index contributed by atoms with van der Waals surface area (Å²) in [4.78, 5) is 12.1. The summed E-state index contributed by atoms with van der Waals surface area (Å²) in [5.74, 6) is -1.06. The average Bonchev–Trinajstić information content (AvgIpc) is 3.05. The highest BCUT2D eigenvalue weighted by Crippen LogP contribution is 2.39. The summed E-state index contributed by atoms with van der Waals surface area (Å²) in [5, 5.41) is 5.39. The predicted octanol–water partition coefficient (Wildman–Crippen LogP) is 2.99. The van der Waals surface area contributed by atoms with Crippen LogP contribution in [0.3, 0.4) is 0 Å². The Kier molecular flexibility index (Phi) is 3.62. The van der Waals surface area contributed by atoms with Crippen molar-refractivity contribution < 1.29 is 17.6 Å². The summed E-state index contributed by atoms with van der Waals surface area (Å²) in [6.45, 7) is 1.63. The number of hydrogen-bond donors (Lipinski definition) is 1. The highest BCUT2D eigenvalue weighted by Gasteiger charge is 2.38. The van der Waals surface area contributed by atoms with Gasteiger partial charge in [0.05, 0.1) is 11.3 Å². The normalized spacial score (nSPS) is 23.5. The number of nitrogens with one attached hydrogen (secondary N) is 1. The molecule has 0 aliphatic carbocycles. The molecule has 2 aromatic rings. The summed E-state index contributed by atoms with van der Waals surface area (Å²) < 4.78 is 38.2. The van der Waals surface area contributed by atoms with Gasteiger partial charge in [-0.15, -0.1) is 22.7 Å². The van der Waals surface area contributed by atoms with Crippen molar-refractivity contribution in [3.05, 3.63) is 39.2 Å². The van der Waals surface area contributed by atoms with E-state index < -0.39 is 32.9 Å². The highest BCUT2D eigenvalue weighted by atomic mass is 32.2. The van der Waals surface area contributed by atoms with Crippen molar-refractivity contribution in [2.45, 2.75) is 28.8 Å². The monoisotopic (exact) mass is 345 g/mol. The van der Waals surface area contributed by atoms with Crippen molar-refractivity contribution in [2.75, 3.05) is 0 Å². The molecule has 0 saturated carbocycles. The highest BCUT2D eigenvalue weighted by molar-refractivity contribution is 7.94. The Labute approximate surface area is 129 Å². The Hall–Kier alpha value is -1.25. The zero-order chi connectivity index (χ0) is 15.2. The standard InChI is InChI=1S/C13H12FNO3S3/c1-7-6-10(8-2-4-20-13(8)21(7,17)18)15-12(16)11-9(14)3-5-19-11/h2-5,7,10H,6H2,1H3,(H,15,16)/t7-,10-/m0/s1. The van der Waals surface area contributed by atoms with Crippen molar-refractivity contribution in [2.24, 2.45) is 0 Å².